The van der Waals surface area contributed by atoms with Gasteiger partial charge in [0, 0.05) is 0 Å². The Morgan fingerprint density at radius 1 is 0.982 bits per heavy atom. The zero-order valence-electron chi connectivity index (χ0n) is 32.5. The Balaban J connectivity index is 1.72. The van der Waals surface area contributed by atoms with E-state index in [1.807, 2.05) is 0 Å². The molecular weight excluding hydrogens is 739 g/mol. The molecule has 5 N–H and O–H groups in total. The summed E-state index contributed by atoms with van der Waals surface area (Å²) in [6.45, 7) is 12.0. The molecule has 6 atom stereocenters. The monoisotopic (exact) mass is 790 g/mol. The molecule has 4 rings (SSSR count). The summed E-state index contributed by atoms with van der Waals surface area (Å²) in [4.78, 5) is 55.5. The Hall–Kier alpha value is -4.61. The quantitative estimate of drug-likeness (QED) is 0.101. The van der Waals surface area contributed by atoms with Gasteiger partial charge in [-0.1, -0.05) is 39.8 Å². The number of carbonyl (C=O) groups excluding carboxylic acids is 4. The fourth-order valence-electron chi connectivity index (χ4n) is 5.67. The van der Waals surface area contributed by atoms with Crippen LogP contribution in [0.2, 0.25) is 0 Å². The minimum Gasteiger partial charge on any atom is -0.468 e. The topological polar surface area (TPSA) is 244 Å². The number of methoxy groups -OCH3 is 1. The summed E-state index contributed by atoms with van der Waals surface area (Å²) in [5.41, 5.74) is 9.95. The number of anilines is 1. The molecular formula is C36H51N6O12P. The molecule has 0 amide bonds. The molecule has 0 aliphatic carbocycles. The highest BCUT2D eigenvalue weighted by atomic mass is 31.2. The number of nitrogen functional groups attached to an aromatic ring is 1. The predicted octanol–water partition coefficient (Wildman–Crippen LogP) is 3.24. The summed E-state index contributed by atoms with van der Waals surface area (Å²) in [6, 6.07) is 7.33. The van der Waals surface area contributed by atoms with Gasteiger partial charge in [-0.25, -0.2) is 14.1 Å². The Morgan fingerprint density at radius 2 is 1.64 bits per heavy atom. The largest absolute Gasteiger partial charge is 0.468 e. The predicted molar refractivity (Wildman–Crippen MR) is 197 cm³/mol. The van der Waals surface area contributed by atoms with Gasteiger partial charge >= 0.3 is 31.6 Å². The van der Waals surface area contributed by atoms with Crippen LogP contribution in [0.5, 0.6) is 5.75 Å². The fraction of sp³-hybridized carbons (Fsp3) is 0.556. The van der Waals surface area contributed by atoms with Crippen molar-refractivity contribution < 1.29 is 56.5 Å². The van der Waals surface area contributed by atoms with Crippen LogP contribution in [0.15, 0.2) is 42.7 Å². The third-order valence-electron chi connectivity index (χ3n) is 8.66. The summed E-state index contributed by atoms with van der Waals surface area (Å²) in [6.07, 6.45) is -0.375. The van der Waals surface area contributed by atoms with Gasteiger partial charge in [-0.15, -0.1) is 0 Å². The van der Waals surface area contributed by atoms with Crippen molar-refractivity contribution in [1.82, 2.24) is 19.7 Å². The number of nitrogens with two attached hydrogens (primary N) is 2. The van der Waals surface area contributed by atoms with Crippen LogP contribution in [-0.4, -0.2) is 88.7 Å². The van der Waals surface area contributed by atoms with Crippen molar-refractivity contribution in [2.24, 2.45) is 17.6 Å². The van der Waals surface area contributed by atoms with Crippen molar-refractivity contribution >= 4 is 43.0 Å². The van der Waals surface area contributed by atoms with E-state index in [2.05, 4.69) is 15.2 Å². The number of rotatable bonds is 17. The minimum atomic E-state index is -4.52. The second kappa shape index (κ2) is 17.5. The Kier molecular flexibility index (Phi) is 13.7. The number of ether oxygens (including phenoxy) is 5. The fourth-order valence-corrected chi connectivity index (χ4v) is 7.26. The first-order chi connectivity index (χ1) is 25.7. The number of fused-ring (bicyclic) bond motifs is 1. The van der Waals surface area contributed by atoms with Gasteiger partial charge < -0.3 is 39.7 Å². The van der Waals surface area contributed by atoms with Crippen LogP contribution in [0.3, 0.4) is 0 Å². The molecule has 19 heteroatoms. The van der Waals surface area contributed by atoms with Gasteiger partial charge in [-0.2, -0.15) is 10.2 Å². The molecule has 1 aliphatic rings. The van der Waals surface area contributed by atoms with E-state index in [1.54, 1.807) is 65.8 Å². The van der Waals surface area contributed by atoms with Gasteiger partial charge in [0.25, 0.3) is 0 Å². The zero-order chi connectivity index (χ0) is 40.9. The molecule has 0 bridgehead atoms. The summed E-state index contributed by atoms with van der Waals surface area (Å²) in [5, 5.41) is 6.92. The van der Waals surface area contributed by atoms with Crippen molar-refractivity contribution in [2.45, 2.75) is 97.3 Å². The lowest BCUT2D eigenvalue weighted by Crippen LogP contribution is -2.55. The number of hydrogen-bond donors (Lipinski definition) is 3. The van der Waals surface area contributed by atoms with Gasteiger partial charge in [0.15, 0.2) is 11.9 Å². The van der Waals surface area contributed by atoms with Crippen LogP contribution < -0.4 is 21.1 Å². The first-order valence-electron chi connectivity index (χ1n) is 17.7. The Bertz CT molecular complexity index is 1900. The third-order valence-corrected chi connectivity index (χ3v) is 10.3. The summed E-state index contributed by atoms with van der Waals surface area (Å²) < 4.78 is 56.5. The van der Waals surface area contributed by atoms with Crippen LogP contribution >= 0.6 is 7.75 Å². The number of nitrogens with one attached hydrogen (secondary N) is 1. The molecule has 1 saturated heterocycles. The van der Waals surface area contributed by atoms with Gasteiger partial charge in [0.05, 0.1) is 44.0 Å². The molecule has 3 aromatic rings. The normalized spacial score (nSPS) is 21.9. The molecule has 2 aromatic heterocycles. The van der Waals surface area contributed by atoms with Gasteiger partial charge in [-0.3, -0.25) is 23.7 Å². The lowest BCUT2D eigenvalue weighted by molar-refractivity contribution is -0.193. The summed E-state index contributed by atoms with van der Waals surface area (Å²) in [7, 11) is -3.36. The highest BCUT2D eigenvalue weighted by molar-refractivity contribution is 7.52. The molecule has 302 valence electrons. The molecule has 0 radical (unpaired) electrons. The standard InChI is InChI=1S/C36H51N6O12P/c1-20(2)30(43)52-34-35(8,49-18-36(34,53-31(44)21(3)4)28-15-14-27-29(38)39-19-40-42(27)28)17-50-55(47,41-23(7)32(45)48-9)54-25-12-10-24(11-13-25)16-26(37)33(46)51-22(5)6/h10-15,19-23,26,34H,16-18,37H2,1-9H3,(H,41,47)(H2,38,39,40)/t23-,26-,34+,35+,36?,55+/m0/s1. The van der Waals surface area contributed by atoms with Crippen molar-refractivity contribution in [3.63, 3.8) is 0 Å². The lowest BCUT2D eigenvalue weighted by atomic mass is 9.85. The molecule has 0 spiro atoms. The van der Waals surface area contributed by atoms with Gasteiger partial charge in [0.2, 0.25) is 5.60 Å². The van der Waals surface area contributed by atoms with Crippen LogP contribution in [0, 0.1) is 11.8 Å². The van der Waals surface area contributed by atoms with E-state index in [0.717, 1.165) is 7.11 Å². The number of nitrogens with zero attached hydrogens (tertiary/aromatic N) is 3. The van der Waals surface area contributed by atoms with E-state index in [9.17, 15) is 23.7 Å². The maximum Gasteiger partial charge on any atom is 0.459 e. The highest BCUT2D eigenvalue weighted by Gasteiger charge is 2.64. The second-order valence-electron chi connectivity index (χ2n) is 14.4. The summed E-state index contributed by atoms with van der Waals surface area (Å²) >= 11 is 0. The van der Waals surface area contributed by atoms with Crippen LogP contribution in [0.1, 0.15) is 66.6 Å². The van der Waals surface area contributed by atoms with E-state index < -0.39 is 79.5 Å². The van der Waals surface area contributed by atoms with Crippen molar-refractivity contribution in [1.29, 1.82) is 0 Å². The average molecular weight is 791 g/mol. The van der Waals surface area contributed by atoms with E-state index in [1.165, 1.54) is 36.8 Å². The lowest BCUT2D eigenvalue weighted by Gasteiger charge is -2.38. The molecule has 1 aromatic carbocycles. The first-order valence-corrected chi connectivity index (χ1v) is 19.3. The molecule has 0 saturated carbocycles. The highest BCUT2D eigenvalue weighted by Crippen LogP contribution is 2.51. The van der Waals surface area contributed by atoms with Gasteiger partial charge in [-0.05, 0) is 63.9 Å². The molecule has 3 heterocycles. The molecule has 1 fully saturated rings. The average Bonchev–Trinajstić information content (AvgIpc) is 3.68. The first kappa shape index (κ1) is 43.1. The van der Waals surface area contributed by atoms with Crippen LogP contribution in [0.25, 0.3) is 5.52 Å². The van der Waals surface area contributed by atoms with Crippen molar-refractivity contribution in [3.05, 3.63) is 54.0 Å². The van der Waals surface area contributed by atoms with E-state index >= 15 is 0 Å². The van der Waals surface area contributed by atoms with E-state index in [-0.39, 0.29) is 36.4 Å². The minimum absolute atomic E-state index is 0.0624. The van der Waals surface area contributed by atoms with Crippen LogP contribution in [0.4, 0.5) is 5.82 Å². The number of carbonyl (C=O) groups is 4. The van der Waals surface area contributed by atoms with E-state index in [0.29, 0.717) is 11.1 Å². The zero-order valence-corrected chi connectivity index (χ0v) is 33.4. The maximum absolute atomic E-state index is 14.5. The second-order valence-corrected chi connectivity index (χ2v) is 16.1. The SMILES string of the molecule is COC(=O)[C@H](C)N[P@@](=O)(OC[C@@]1(C)OCC(OC(=O)C(C)C)(c2ccc3c(N)ncnn23)[C@@H]1OC(=O)C(C)C)Oc1ccc(C[C@H](N)C(=O)OC(C)C)cc1. The smallest absolute Gasteiger partial charge is 0.459 e. The Labute approximate surface area is 319 Å². The number of hydrogen-bond acceptors (Lipinski definition) is 16. The molecule has 1 unspecified atom stereocenters. The van der Waals surface area contributed by atoms with Crippen molar-refractivity contribution in [3.8, 4) is 5.75 Å². The van der Waals surface area contributed by atoms with E-state index in [4.69, 9.17) is 44.2 Å². The van der Waals surface area contributed by atoms with Crippen LogP contribution in [-0.2, 0) is 64.0 Å². The molecule has 18 nitrogen and oxygen atoms in total. The van der Waals surface area contributed by atoms with Crippen molar-refractivity contribution in [2.75, 3.05) is 26.1 Å². The Morgan fingerprint density at radius 3 is 2.24 bits per heavy atom. The number of aromatic nitrogens is 3. The summed E-state index contributed by atoms with van der Waals surface area (Å²) in [5.74, 6) is -3.65. The number of esters is 4. The third kappa shape index (κ3) is 9.99. The molecule has 55 heavy (non-hydrogen) atoms. The maximum atomic E-state index is 14.5. The van der Waals surface area contributed by atoms with Gasteiger partial charge in [0.1, 0.15) is 35.3 Å². The number of benzene rings is 1. The molecule has 1 aliphatic heterocycles.